The van der Waals surface area contributed by atoms with Crippen LogP contribution in [-0.4, -0.2) is 31.6 Å². The van der Waals surface area contributed by atoms with Crippen LogP contribution in [0.2, 0.25) is 0 Å². The third-order valence-corrected chi connectivity index (χ3v) is 3.49. The molecule has 2 atom stereocenters. The fourth-order valence-corrected chi connectivity index (χ4v) is 2.47. The lowest BCUT2D eigenvalue weighted by Crippen LogP contribution is -2.08. The lowest BCUT2D eigenvalue weighted by atomic mass is 9.97. The van der Waals surface area contributed by atoms with Gasteiger partial charge in [0.05, 0.1) is 6.04 Å². The highest BCUT2D eigenvalue weighted by atomic mass is 16.5. The molecule has 2 unspecified atom stereocenters. The molecular formula is C14H18N2O. The summed E-state index contributed by atoms with van der Waals surface area (Å²) >= 11 is 0. The van der Waals surface area contributed by atoms with E-state index < -0.39 is 0 Å². The molecule has 90 valence electrons. The van der Waals surface area contributed by atoms with E-state index in [0.717, 1.165) is 24.6 Å². The first-order valence-electron chi connectivity index (χ1n) is 6.34. The van der Waals surface area contributed by atoms with Gasteiger partial charge in [-0.05, 0) is 43.5 Å². The minimum atomic E-state index is 0.295. The van der Waals surface area contributed by atoms with Crippen LogP contribution in [0.4, 0.5) is 0 Å². The summed E-state index contributed by atoms with van der Waals surface area (Å²) in [7, 11) is 0. The number of hydrogen-bond acceptors (Lipinski definition) is 3. The quantitative estimate of drug-likeness (QED) is 0.842. The first-order valence-corrected chi connectivity index (χ1v) is 6.34. The molecule has 0 bridgehead atoms. The predicted molar refractivity (Wildman–Crippen MR) is 68.6 cm³/mol. The Morgan fingerprint density at radius 1 is 1.29 bits per heavy atom. The molecule has 1 N–H and O–H groups in total. The SMILES string of the molecule is CC1COC(c2ccc(C3CCNC3)cc2)=N1. The molecule has 1 saturated heterocycles. The van der Waals surface area contributed by atoms with Gasteiger partial charge in [-0.3, -0.25) is 0 Å². The van der Waals surface area contributed by atoms with Gasteiger partial charge in [0.25, 0.3) is 0 Å². The van der Waals surface area contributed by atoms with E-state index in [1.807, 2.05) is 0 Å². The Hall–Kier alpha value is -1.35. The summed E-state index contributed by atoms with van der Waals surface area (Å²) in [6.07, 6.45) is 1.24. The summed E-state index contributed by atoms with van der Waals surface area (Å²) in [5, 5.41) is 3.40. The highest BCUT2D eigenvalue weighted by Crippen LogP contribution is 2.23. The predicted octanol–water partition coefficient (Wildman–Crippen LogP) is 1.93. The highest BCUT2D eigenvalue weighted by Gasteiger charge is 2.18. The summed E-state index contributed by atoms with van der Waals surface area (Å²) < 4.78 is 5.55. The summed E-state index contributed by atoms with van der Waals surface area (Å²) in [4.78, 5) is 4.47. The molecule has 0 radical (unpaired) electrons. The second-order valence-corrected chi connectivity index (χ2v) is 4.91. The molecule has 3 nitrogen and oxygen atoms in total. The Morgan fingerprint density at radius 3 is 2.71 bits per heavy atom. The maximum atomic E-state index is 5.55. The third-order valence-electron chi connectivity index (χ3n) is 3.49. The van der Waals surface area contributed by atoms with Gasteiger partial charge in [0.1, 0.15) is 6.61 Å². The molecule has 1 aromatic rings. The van der Waals surface area contributed by atoms with E-state index in [0.29, 0.717) is 18.6 Å². The van der Waals surface area contributed by atoms with Crippen LogP contribution in [0.25, 0.3) is 0 Å². The Balaban J connectivity index is 1.78. The van der Waals surface area contributed by atoms with Gasteiger partial charge in [-0.2, -0.15) is 0 Å². The second-order valence-electron chi connectivity index (χ2n) is 4.91. The number of rotatable bonds is 2. The Morgan fingerprint density at radius 2 is 2.12 bits per heavy atom. The molecule has 0 aliphatic carbocycles. The molecule has 3 rings (SSSR count). The van der Waals surface area contributed by atoms with Crippen molar-refractivity contribution in [3.63, 3.8) is 0 Å². The van der Waals surface area contributed by atoms with E-state index in [9.17, 15) is 0 Å². The number of nitrogens with one attached hydrogen (secondary N) is 1. The van der Waals surface area contributed by atoms with Crippen LogP contribution in [0.3, 0.4) is 0 Å². The fourth-order valence-electron chi connectivity index (χ4n) is 2.47. The van der Waals surface area contributed by atoms with Gasteiger partial charge in [-0.25, -0.2) is 4.99 Å². The molecule has 3 heteroatoms. The molecule has 2 aliphatic rings. The van der Waals surface area contributed by atoms with Crippen LogP contribution >= 0.6 is 0 Å². The summed E-state index contributed by atoms with van der Waals surface area (Å²) in [6, 6.07) is 8.97. The molecular weight excluding hydrogens is 212 g/mol. The molecule has 2 heterocycles. The molecule has 17 heavy (non-hydrogen) atoms. The Bertz CT molecular complexity index is 418. The molecule has 1 fully saturated rings. The van der Waals surface area contributed by atoms with E-state index >= 15 is 0 Å². The van der Waals surface area contributed by atoms with Gasteiger partial charge in [-0.15, -0.1) is 0 Å². The number of nitrogens with zero attached hydrogens (tertiary/aromatic N) is 1. The van der Waals surface area contributed by atoms with Gasteiger partial charge in [0.2, 0.25) is 5.90 Å². The van der Waals surface area contributed by atoms with Gasteiger partial charge in [-0.1, -0.05) is 12.1 Å². The minimum Gasteiger partial charge on any atom is -0.475 e. The third kappa shape index (κ3) is 2.20. The summed E-state index contributed by atoms with van der Waals surface area (Å²) in [5.74, 6) is 1.48. The Labute approximate surface area is 102 Å². The van der Waals surface area contributed by atoms with Crippen LogP contribution in [0.15, 0.2) is 29.3 Å². The Kier molecular flexibility index (Phi) is 2.85. The van der Waals surface area contributed by atoms with Gasteiger partial charge in [0.15, 0.2) is 0 Å². The van der Waals surface area contributed by atoms with Crippen LogP contribution in [0, 0.1) is 0 Å². The highest BCUT2D eigenvalue weighted by molar-refractivity contribution is 5.95. The molecule has 0 saturated carbocycles. The second kappa shape index (κ2) is 4.49. The average Bonchev–Trinajstić information content (AvgIpc) is 3.00. The topological polar surface area (TPSA) is 33.6 Å². The number of ether oxygens (including phenoxy) is 1. The zero-order valence-electron chi connectivity index (χ0n) is 10.1. The molecule has 1 aromatic carbocycles. The van der Waals surface area contributed by atoms with Gasteiger partial charge < -0.3 is 10.1 Å². The van der Waals surface area contributed by atoms with Crippen molar-refractivity contribution < 1.29 is 4.74 Å². The van der Waals surface area contributed by atoms with Crippen molar-refractivity contribution in [1.82, 2.24) is 5.32 Å². The van der Waals surface area contributed by atoms with Crippen molar-refractivity contribution in [1.29, 1.82) is 0 Å². The fraction of sp³-hybridized carbons (Fsp3) is 0.500. The molecule has 2 aliphatic heterocycles. The molecule has 0 spiro atoms. The van der Waals surface area contributed by atoms with Crippen LogP contribution < -0.4 is 5.32 Å². The standard InChI is InChI=1S/C14H18N2O/c1-10-9-17-14(16-10)12-4-2-11(3-5-12)13-6-7-15-8-13/h2-5,10,13,15H,6-9H2,1H3. The number of benzene rings is 1. The lowest BCUT2D eigenvalue weighted by Gasteiger charge is -2.09. The van der Waals surface area contributed by atoms with Crippen molar-refractivity contribution in [3.8, 4) is 0 Å². The smallest absolute Gasteiger partial charge is 0.216 e. The maximum absolute atomic E-state index is 5.55. The zero-order valence-corrected chi connectivity index (χ0v) is 10.1. The molecule has 0 amide bonds. The first kappa shape index (κ1) is 10.8. The normalized spacial score (nSPS) is 27.9. The van der Waals surface area contributed by atoms with Crippen molar-refractivity contribution >= 4 is 5.90 Å². The van der Waals surface area contributed by atoms with Crippen LogP contribution in [-0.2, 0) is 4.74 Å². The van der Waals surface area contributed by atoms with E-state index in [1.165, 1.54) is 12.0 Å². The maximum Gasteiger partial charge on any atom is 0.216 e. The van der Waals surface area contributed by atoms with Crippen molar-refractivity contribution in [3.05, 3.63) is 35.4 Å². The van der Waals surface area contributed by atoms with Crippen molar-refractivity contribution in [2.24, 2.45) is 4.99 Å². The van der Waals surface area contributed by atoms with Crippen molar-refractivity contribution in [2.75, 3.05) is 19.7 Å². The molecule has 0 aromatic heterocycles. The largest absolute Gasteiger partial charge is 0.475 e. The van der Waals surface area contributed by atoms with Crippen LogP contribution in [0.1, 0.15) is 30.4 Å². The average molecular weight is 230 g/mol. The first-order chi connectivity index (χ1) is 8.33. The monoisotopic (exact) mass is 230 g/mol. The summed E-state index contributed by atoms with van der Waals surface area (Å²) in [5.41, 5.74) is 2.52. The van der Waals surface area contributed by atoms with Crippen molar-refractivity contribution in [2.45, 2.75) is 25.3 Å². The van der Waals surface area contributed by atoms with Crippen LogP contribution in [0.5, 0.6) is 0 Å². The van der Waals surface area contributed by atoms with E-state index in [-0.39, 0.29) is 0 Å². The van der Waals surface area contributed by atoms with E-state index in [1.54, 1.807) is 0 Å². The number of hydrogen-bond donors (Lipinski definition) is 1. The number of aliphatic imine (C=N–C) groups is 1. The summed E-state index contributed by atoms with van der Waals surface area (Å²) in [6.45, 7) is 5.03. The zero-order chi connectivity index (χ0) is 11.7. The van der Waals surface area contributed by atoms with Gasteiger partial charge >= 0.3 is 0 Å². The minimum absolute atomic E-state index is 0.295. The lowest BCUT2D eigenvalue weighted by molar-refractivity contribution is 0.324. The van der Waals surface area contributed by atoms with E-state index in [4.69, 9.17) is 4.74 Å². The van der Waals surface area contributed by atoms with E-state index in [2.05, 4.69) is 41.5 Å². The van der Waals surface area contributed by atoms with Gasteiger partial charge in [0, 0.05) is 12.1 Å².